The highest BCUT2D eigenvalue weighted by atomic mass is 79.9. The molecule has 0 bridgehead atoms. The van der Waals surface area contributed by atoms with Crippen LogP contribution in [0.2, 0.25) is 0 Å². The largest absolute Gasteiger partial charge is 0.481 e. The summed E-state index contributed by atoms with van der Waals surface area (Å²) in [7, 11) is -3.64. The van der Waals surface area contributed by atoms with Gasteiger partial charge in [-0.3, -0.25) is 9.52 Å². The summed E-state index contributed by atoms with van der Waals surface area (Å²) >= 11 is 2.97. The Morgan fingerprint density at radius 1 is 1.47 bits per heavy atom. The van der Waals surface area contributed by atoms with Crippen molar-refractivity contribution in [3.63, 3.8) is 0 Å². The number of hydrogen-bond acceptors (Lipinski definition) is 3. The lowest BCUT2D eigenvalue weighted by Crippen LogP contribution is -2.18. The van der Waals surface area contributed by atoms with Gasteiger partial charge in [0.25, 0.3) is 0 Å². The SMILES string of the molecule is Cc1cc(F)c(Br)cc1NS(=O)(=O)CCCC(=O)O. The molecule has 0 spiro atoms. The predicted octanol–water partition coefficient (Wildman–Crippen LogP) is 2.50. The summed E-state index contributed by atoms with van der Waals surface area (Å²) in [5.41, 5.74) is 0.714. The van der Waals surface area contributed by atoms with Crippen LogP contribution < -0.4 is 4.72 Å². The Hall–Kier alpha value is -1.15. The lowest BCUT2D eigenvalue weighted by atomic mass is 10.2. The van der Waals surface area contributed by atoms with Crippen molar-refractivity contribution in [3.8, 4) is 0 Å². The van der Waals surface area contributed by atoms with Crippen molar-refractivity contribution in [1.82, 2.24) is 0 Å². The average molecular weight is 354 g/mol. The first-order valence-corrected chi connectivity index (χ1v) is 7.84. The topological polar surface area (TPSA) is 83.5 Å². The van der Waals surface area contributed by atoms with E-state index in [4.69, 9.17) is 5.11 Å². The van der Waals surface area contributed by atoms with Crippen molar-refractivity contribution >= 4 is 37.6 Å². The minimum atomic E-state index is -3.64. The summed E-state index contributed by atoms with van der Waals surface area (Å²) in [6, 6.07) is 2.54. The van der Waals surface area contributed by atoms with Gasteiger partial charge in [0.15, 0.2) is 0 Å². The second-order valence-corrected chi connectivity index (χ2v) is 6.70. The van der Waals surface area contributed by atoms with Crippen molar-refractivity contribution in [2.75, 3.05) is 10.5 Å². The molecule has 0 aromatic heterocycles. The number of aryl methyl sites for hydroxylation is 1. The monoisotopic (exact) mass is 353 g/mol. The number of nitrogens with one attached hydrogen (secondary N) is 1. The molecule has 2 N–H and O–H groups in total. The molecule has 0 aliphatic rings. The Kier molecular flexibility index (Phi) is 5.30. The lowest BCUT2D eigenvalue weighted by molar-refractivity contribution is -0.137. The van der Waals surface area contributed by atoms with Gasteiger partial charge in [-0.05, 0) is 47.0 Å². The van der Waals surface area contributed by atoms with E-state index in [-0.39, 0.29) is 28.8 Å². The molecule has 0 saturated carbocycles. The quantitative estimate of drug-likeness (QED) is 0.822. The molecule has 5 nitrogen and oxygen atoms in total. The molecule has 0 heterocycles. The standard InChI is InChI=1S/C11H13BrFNO4S/c1-7-5-9(13)8(12)6-10(7)14-19(17,18)4-2-3-11(15)16/h5-6,14H,2-4H2,1H3,(H,15,16). The van der Waals surface area contributed by atoms with E-state index < -0.39 is 21.8 Å². The van der Waals surface area contributed by atoms with Crippen LogP contribution in [0.25, 0.3) is 0 Å². The lowest BCUT2D eigenvalue weighted by Gasteiger charge is -2.11. The van der Waals surface area contributed by atoms with E-state index in [0.29, 0.717) is 5.56 Å². The normalized spacial score (nSPS) is 11.3. The van der Waals surface area contributed by atoms with Crippen LogP contribution in [0.3, 0.4) is 0 Å². The predicted molar refractivity (Wildman–Crippen MR) is 73.1 cm³/mol. The fourth-order valence-corrected chi connectivity index (χ4v) is 2.91. The van der Waals surface area contributed by atoms with Crippen LogP contribution >= 0.6 is 15.9 Å². The number of rotatable bonds is 6. The van der Waals surface area contributed by atoms with Gasteiger partial charge in [-0.15, -0.1) is 0 Å². The highest BCUT2D eigenvalue weighted by molar-refractivity contribution is 9.10. The Bertz CT molecular complexity index is 589. The van der Waals surface area contributed by atoms with Crippen molar-refractivity contribution < 1.29 is 22.7 Å². The molecule has 1 aromatic rings. The first-order valence-electron chi connectivity index (χ1n) is 5.39. The number of aliphatic carboxylic acids is 1. The van der Waals surface area contributed by atoms with Crippen LogP contribution in [0.4, 0.5) is 10.1 Å². The molecular weight excluding hydrogens is 341 g/mol. The van der Waals surface area contributed by atoms with Gasteiger partial charge in [0.2, 0.25) is 10.0 Å². The van der Waals surface area contributed by atoms with Gasteiger partial charge < -0.3 is 5.11 Å². The highest BCUT2D eigenvalue weighted by Crippen LogP contribution is 2.25. The zero-order valence-corrected chi connectivity index (χ0v) is 12.5. The zero-order valence-electron chi connectivity index (χ0n) is 10.1. The van der Waals surface area contributed by atoms with Crippen LogP contribution in [-0.4, -0.2) is 25.2 Å². The van der Waals surface area contributed by atoms with Crippen LogP contribution in [0, 0.1) is 12.7 Å². The highest BCUT2D eigenvalue weighted by Gasteiger charge is 2.14. The Balaban J connectivity index is 2.78. The molecule has 0 saturated heterocycles. The molecule has 0 unspecified atom stereocenters. The van der Waals surface area contributed by atoms with E-state index in [2.05, 4.69) is 20.7 Å². The summed E-state index contributed by atoms with van der Waals surface area (Å²) < 4.78 is 39.1. The maximum Gasteiger partial charge on any atom is 0.303 e. The Morgan fingerprint density at radius 2 is 2.11 bits per heavy atom. The number of carbonyl (C=O) groups is 1. The molecule has 8 heteroatoms. The molecule has 1 aromatic carbocycles. The second kappa shape index (κ2) is 6.33. The summed E-state index contributed by atoms with van der Waals surface area (Å²) in [4.78, 5) is 10.3. The van der Waals surface area contributed by atoms with Crippen LogP contribution in [0.1, 0.15) is 18.4 Å². The van der Waals surface area contributed by atoms with Gasteiger partial charge in [-0.2, -0.15) is 0 Å². The van der Waals surface area contributed by atoms with Crippen LogP contribution in [0.15, 0.2) is 16.6 Å². The van der Waals surface area contributed by atoms with Crippen molar-refractivity contribution in [1.29, 1.82) is 0 Å². The Morgan fingerprint density at radius 3 is 2.68 bits per heavy atom. The molecule has 0 amide bonds. The number of hydrogen-bond donors (Lipinski definition) is 2. The number of benzene rings is 1. The molecular formula is C11H13BrFNO4S. The molecule has 0 fully saturated rings. The molecule has 106 valence electrons. The van der Waals surface area contributed by atoms with Gasteiger partial charge in [-0.25, -0.2) is 12.8 Å². The third kappa shape index (κ3) is 5.15. The molecule has 1 rings (SSSR count). The first-order chi connectivity index (χ1) is 8.71. The van der Waals surface area contributed by atoms with Gasteiger partial charge in [0.1, 0.15) is 5.82 Å². The zero-order chi connectivity index (χ0) is 14.6. The van der Waals surface area contributed by atoms with E-state index in [1.54, 1.807) is 6.92 Å². The van der Waals surface area contributed by atoms with E-state index >= 15 is 0 Å². The number of carboxylic acids is 1. The minimum Gasteiger partial charge on any atom is -0.481 e. The van der Waals surface area contributed by atoms with E-state index in [1.165, 1.54) is 12.1 Å². The molecule has 0 radical (unpaired) electrons. The van der Waals surface area contributed by atoms with E-state index in [0.717, 1.165) is 0 Å². The van der Waals surface area contributed by atoms with E-state index in [9.17, 15) is 17.6 Å². The van der Waals surface area contributed by atoms with Crippen molar-refractivity contribution in [2.45, 2.75) is 19.8 Å². The fraction of sp³-hybridized carbons (Fsp3) is 0.364. The fourth-order valence-electron chi connectivity index (χ4n) is 1.39. The smallest absolute Gasteiger partial charge is 0.303 e. The van der Waals surface area contributed by atoms with Crippen molar-refractivity contribution in [2.24, 2.45) is 0 Å². The first kappa shape index (κ1) is 15.9. The van der Waals surface area contributed by atoms with Gasteiger partial charge >= 0.3 is 5.97 Å². The third-order valence-electron chi connectivity index (χ3n) is 2.34. The van der Waals surface area contributed by atoms with Crippen molar-refractivity contribution in [3.05, 3.63) is 28.0 Å². The molecule has 0 aliphatic carbocycles. The average Bonchev–Trinajstić information content (AvgIpc) is 2.24. The van der Waals surface area contributed by atoms with Crippen LogP contribution in [-0.2, 0) is 14.8 Å². The van der Waals surface area contributed by atoms with Gasteiger partial charge in [0.05, 0.1) is 15.9 Å². The number of sulfonamides is 1. The third-order valence-corrected chi connectivity index (χ3v) is 4.30. The second-order valence-electron chi connectivity index (χ2n) is 4.00. The maximum absolute atomic E-state index is 13.2. The number of anilines is 1. The number of halogens is 2. The van der Waals surface area contributed by atoms with Gasteiger partial charge in [0, 0.05) is 6.42 Å². The maximum atomic E-state index is 13.2. The van der Waals surface area contributed by atoms with E-state index in [1.807, 2.05) is 0 Å². The summed E-state index contributed by atoms with van der Waals surface area (Å²) in [6.07, 6.45) is -0.195. The summed E-state index contributed by atoms with van der Waals surface area (Å²) in [6.45, 7) is 1.57. The molecule has 0 atom stereocenters. The summed E-state index contributed by atoms with van der Waals surface area (Å²) in [5.74, 6) is -1.82. The van der Waals surface area contributed by atoms with Crippen LogP contribution in [0.5, 0.6) is 0 Å². The summed E-state index contributed by atoms with van der Waals surface area (Å²) in [5, 5.41) is 8.45. The molecule has 19 heavy (non-hydrogen) atoms. The minimum absolute atomic E-state index is 0.0199. The Labute approximate surface area is 119 Å². The van der Waals surface area contributed by atoms with Gasteiger partial charge in [-0.1, -0.05) is 0 Å². The number of carboxylic acid groups (broad SMARTS) is 1. The molecule has 0 aliphatic heterocycles.